The zero-order valence-corrected chi connectivity index (χ0v) is 16.7. The van der Waals surface area contributed by atoms with E-state index in [2.05, 4.69) is 22.3 Å². The highest BCUT2D eigenvalue weighted by atomic mass is 35.5. The normalized spacial score (nSPS) is 19.4. The molecular formula is C16H23ClN2O4S2. The third-order valence-corrected chi connectivity index (χ3v) is 6.94. The van der Waals surface area contributed by atoms with Gasteiger partial charge in [-0.3, -0.25) is 4.79 Å². The minimum absolute atomic E-state index is 0.0733. The summed E-state index contributed by atoms with van der Waals surface area (Å²) in [5, 5.41) is 0.0919. The first kappa shape index (κ1) is 20.5. The van der Waals surface area contributed by atoms with Gasteiger partial charge >= 0.3 is 5.97 Å². The predicted octanol–water partition coefficient (Wildman–Crippen LogP) is 1.94. The standard InChI is InChI=1S/C16H23ClN2O4S2/c1-3-23-15(20)14(16(24)8-10-19(2)11-9-16)18-25(21,22)13-7-5-4-6-12(13)17/h4-7,14,18,24H,3,8-11H2,1-2H3. The lowest BCUT2D eigenvalue weighted by molar-refractivity contribution is -0.146. The zero-order chi connectivity index (χ0) is 18.7. The Balaban J connectivity index is 2.33. The fourth-order valence-electron chi connectivity index (χ4n) is 2.78. The van der Waals surface area contributed by atoms with Crippen molar-refractivity contribution < 1.29 is 17.9 Å². The number of nitrogens with zero attached hydrogens (tertiary/aromatic N) is 1. The second-order valence-electron chi connectivity index (χ2n) is 6.14. The van der Waals surface area contributed by atoms with Gasteiger partial charge in [-0.2, -0.15) is 17.4 Å². The molecule has 1 saturated heterocycles. The number of benzene rings is 1. The molecule has 0 radical (unpaired) electrons. The molecule has 0 aliphatic carbocycles. The molecule has 1 unspecified atom stereocenters. The SMILES string of the molecule is CCOC(=O)C(NS(=O)(=O)c1ccccc1Cl)C1(S)CCN(C)CC1. The van der Waals surface area contributed by atoms with Crippen LogP contribution in [0.2, 0.25) is 5.02 Å². The molecular weight excluding hydrogens is 384 g/mol. The van der Waals surface area contributed by atoms with Gasteiger partial charge in [-0.25, -0.2) is 8.42 Å². The number of likely N-dealkylation sites (tertiary alicyclic amines) is 1. The van der Waals surface area contributed by atoms with Gasteiger partial charge in [0.2, 0.25) is 10.0 Å². The number of piperidine rings is 1. The Morgan fingerprint density at radius 2 is 2.00 bits per heavy atom. The first-order valence-corrected chi connectivity index (χ1v) is 10.3. The molecule has 1 aromatic rings. The van der Waals surface area contributed by atoms with Crippen molar-refractivity contribution in [2.24, 2.45) is 0 Å². The summed E-state index contributed by atoms with van der Waals surface area (Å²) in [6.07, 6.45) is 1.11. The van der Waals surface area contributed by atoms with Gasteiger partial charge in [-0.1, -0.05) is 23.7 Å². The number of hydrogen-bond acceptors (Lipinski definition) is 6. The Labute approximate surface area is 159 Å². The van der Waals surface area contributed by atoms with Crippen LogP contribution in [0.4, 0.5) is 0 Å². The average molecular weight is 407 g/mol. The lowest BCUT2D eigenvalue weighted by Crippen LogP contribution is -2.58. The molecule has 1 aliphatic heterocycles. The van der Waals surface area contributed by atoms with E-state index < -0.39 is 26.8 Å². The summed E-state index contributed by atoms with van der Waals surface area (Å²) in [6.45, 7) is 3.27. The van der Waals surface area contributed by atoms with Crippen LogP contribution in [0.1, 0.15) is 19.8 Å². The summed E-state index contributed by atoms with van der Waals surface area (Å²) in [5.41, 5.74) is 0. The maximum Gasteiger partial charge on any atom is 0.325 e. The summed E-state index contributed by atoms with van der Waals surface area (Å²) < 4.78 is 32.3. The van der Waals surface area contributed by atoms with E-state index in [1.54, 1.807) is 19.1 Å². The quantitative estimate of drug-likeness (QED) is 0.557. The number of hydrogen-bond donors (Lipinski definition) is 2. The van der Waals surface area contributed by atoms with E-state index in [0.29, 0.717) is 25.9 Å². The topological polar surface area (TPSA) is 75.7 Å². The molecule has 0 spiro atoms. The molecule has 1 N–H and O–H groups in total. The summed E-state index contributed by atoms with van der Waals surface area (Å²) in [4.78, 5) is 14.5. The van der Waals surface area contributed by atoms with Gasteiger partial charge in [0.15, 0.2) is 0 Å². The minimum atomic E-state index is -4.00. The molecule has 9 heteroatoms. The number of rotatable bonds is 6. The van der Waals surface area contributed by atoms with E-state index in [0.717, 1.165) is 0 Å². The molecule has 25 heavy (non-hydrogen) atoms. The van der Waals surface area contributed by atoms with Crippen LogP contribution in [0, 0.1) is 0 Å². The highest BCUT2D eigenvalue weighted by molar-refractivity contribution is 7.89. The van der Waals surface area contributed by atoms with Crippen molar-refractivity contribution in [1.82, 2.24) is 9.62 Å². The molecule has 1 fully saturated rings. The maximum atomic E-state index is 12.8. The summed E-state index contributed by atoms with van der Waals surface area (Å²) in [7, 11) is -2.03. The van der Waals surface area contributed by atoms with E-state index in [-0.39, 0.29) is 16.5 Å². The second-order valence-corrected chi connectivity index (χ2v) is 9.12. The van der Waals surface area contributed by atoms with Gasteiger partial charge in [0, 0.05) is 4.75 Å². The fraction of sp³-hybridized carbons (Fsp3) is 0.562. The Morgan fingerprint density at radius 3 is 2.56 bits per heavy atom. The number of nitrogens with one attached hydrogen (secondary N) is 1. The molecule has 1 aliphatic rings. The maximum absolute atomic E-state index is 12.8. The van der Waals surface area contributed by atoms with E-state index in [1.165, 1.54) is 12.1 Å². The Kier molecular flexibility index (Phi) is 6.78. The predicted molar refractivity (Wildman–Crippen MR) is 101 cm³/mol. The van der Waals surface area contributed by atoms with E-state index >= 15 is 0 Å². The van der Waals surface area contributed by atoms with Gasteiger partial charge < -0.3 is 9.64 Å². The van der Waals surface area contributed by atoms with Gasteiger partial charge in [-0.15, -0.1) is 0 Å². The Morgan fingerprint density at radius 1 is 1.40 bits per heavy atom. The Bertz CT molecular complexity index is 719. The van der Waals surface area contributed by atoms with E-state index in [9.17, 15) is 13.2 Å². The highest BCUT2D eigenvalue weighted by Crippen LogP contribution is 2.34. The van der Waals surface area contributed by atoms with Crippen LogP contribution >= 0.6 is 24.2 Å². The molecule has 1 heterocycles. The molecule has 0 amide bonds. The summed E-state index contributed by atoms with van der Waals surface area (Å²) >= 11 is 10.7. The number of carbonyl (C=O) groups excluding carboxylic acids is 1. The average Bonchev–Trinajstić information content (AvgIpc) is 2.56. The van der Waals surface area contributed by atoms with Crippen LogP contribution in [0.5, 0.6) is 0 Å². The van der Waals surface area contributed by atoms with Crippen molar-refractivity contribution in [3.05, 3.63) is 29.3 Å². The molecule has 1 aromatic carbocycles. The number of thiol groups is 1. The molecule has 0 saturated carbocycles. The van der Waals surface area contributed by atoms with Crippen molar-refractivity contribution in [2.75, 3.05) is 26.7 Å². The third-order valence-electron chi connectivity index (χ3n) is 4.31. The van der Waals surface area contributed by atoms with Gasteiger partial charge in [-0.05, 0) is 52.0 Å². The lowest BCUT2D eigenvalue weighted by Gasteiger charge is -2.41. The molecule has 0 aromatic heterocycles. The van der Waals surface area contributed by atoms with E-state index in [1.807, 2.05) is 7.05 Å². The van der Waals surface area contributed by atoms with Crippen molar-refractivity contribution in [3.63, 3.8) is 0 Å². The van der Waals surface area contributed by atoms with Crippen molar-refractivity contribution in [3.8, 4) is 0 Å². The second kappa shape index (κ2) is 8.26. The monoisotopic (exact) mass is 406 g/mol. The first-order chi connectivity index (χ1) is 11.7. The first-order valence-electron chi connectivity index (χ1n) is 8.04. The van der Waals surface area contributed by atoms with Crippen LogP contribution < -0.4 is 4.72 Å². The Hall–Kier alpha value is -0.800. The summed E-state index contributed by atoms with van der Waals surface area (Å²) in [5.74, 6) is -0.627. The number of carbonyl (C=O) groups is 1. The van der Waals surface area contributed by atoms with Gasteiger partial charge in [0.05, 0.1) is 11.6 Å². The highest BCUT2D eigenvalue weighted by Gasteiger charge is 2.45. The van der Waals surface area contributed by atoms with Crippen LogP contribution in [0.15, 0.2) is 29.2 Å². The number of sulfonamides is 1. The molecule has 1 atom stereocenters. The molecule has 2 rings (SSSR count). The van der Waals surface area contributed by atoms with Crippen LogP contribution in [-0.2, 0) is 19.6 Å². The molecule has 0 bridgehead atoms. The number of ether oxygens (including phenoxy) is 1. The summed E-state index contributed by atoms with van der Waals surface area (Å²) in [6, 6.07) is 5.01. The number of esters is 1. The van der Waals surface area contributed by atoms with Crippen LogP contribution in [0.25, 0.3) is 0 Å². The third kappa shape index (κ3) is 4.89. The van der Waals surface area contributed by atoms with E-state index in [4.69, 9.17) is 16.3 Å². The van der Waals surface area contributed by atoms with Crippen LogP contribution in [0.3, 0.4) is 0 Å². The van der Waals surface area contributed by atoms with Gasteiger partial charge in [0.1, 0.15) is 10.9 Å². The zero-order valence-electron chi connectivity index (χ0n) is 14.2. The minimum Gasteiger partial charge on any atom is -0.465 e. The lowest BCUT2D eigenvalue weighted by atomic mass is 9.89. The van der Waals surface area contributed by atoms with Crippen molar-refractivity contribution in [1.29, 1.82) is 0 Å². The smallest absolute Gasteiger partial charge is 0.325 e. The molecule has 140 valence electrons. The van der Waals surface area contributed by atoms with Crippen molar-refractivity contribution in [2.45, 2.75) is 35.4 Å². The fourth-order valence-corrected chi connectivity index (χ4v) is 5.02. The largest absolute Gasteiger partial charge is 0.465 e. The van der Waals surface area contributed by atoms with Crippen molar-refractivity contribution >= 4 is 40.2 Å². The molecule has 6 nitrogen and oxygen atoms in total. The number of halogens is 1. The van der Waals surface area contributed by atoms with Crippen LogP contribution in [-0.4, -0.2) is 56.8 Å². The van der Waals surface area contributed by atoms with Gasteiger partial charge in [0.25, 0.3) is 0 Å².